The second-order valence-electron chi connectivity index (χ2n) is 9.60. The number of aliphatic hydroxyl groups excluding tert-OH is 2. The van der Waals surface area contributed by atoms with E-state index < -0.39 is 11.9 Å². The predicted molar refractivity (Wildman–Crippen MR) is 115 cm³/mol. The average molecular weight is 425 g/mol. The van der Waals surface area contributed by atoms with Crippen molar-refractivity contribution in [1.82, 2.24) is 0 Å². The summed E-state index contributed by atoms with van der Waals surface area (Å²) < 4.78 is 0. The van der Waals surface area contributed by atoms with E-state index in [1.807, 2.05) is 0 Å². The fraction of sp³-hybridized carbons (Fsp3) is 0.833. The third kappa shape index (κ3) is 5.64. The minimum atomic E-state index is -0.745. The molecule has 7 atom stereocenters. The van der Waals surface area contributed by atoms with E-state index in [1.54, 1.807) is 19.4 Å². The van der Waals surface area contributed by atoms with Gasteiger partial charge in [0, 0.05) is 12.8 Å². The van der Waals surface area contributed by atoms with E-state index in [2.05, 4.69) is 13.0 Å². The Hall–Kier alpha value is -1.40. The minimum Gasteiger partial charge on any atom is -0.481 e. The van der Waals surface area contributed by atoms with Crippen LogP contribution in [0.5, 0.6) is 0 Å². The molecule has 0 aromatic rings. The molecular weight excluding hydrogens is 384 g/mol. The van der Waals surface area contributed by atoms with Crippen molar-refractivity contribution >= 4 is 11.9 Å². The van der Waals surface area contributed by atoms with E-state index in [0.29, 0.717) is 0 Å². The standard InChI is InChI=1S/C18H28O2.2C3H6O2/c1-18-9-8-14-13-5-3-12(19)10-11(13)2-4-15(14)16(18)6-7-17(18)20;2*1-2-3(4)5/h10,12-17,19-20H,2-9H2,1H3;2*2H2,1H3,(H,4,5)/t12-,13-,14+,15+,16-,17-,18-;;/m0../s1. The Labute approximate surface area is 180 Å². The third-order valence-corrected chi connectivity index (χ3v) is 7.99. The lowest BCUT2D eigenvalue weighted by Crippen LogP contribution is -2.47. The summed E-state index contributed by atoms with van der Waals surface area (Å²) in [5.74, 6) is 1.69. The Morgan fingerprint density at radius 3 is 2.10 bits per heavy atom. The van der Waals surface area contributed by atoms with Gasteiger partial charge in [0.2, 0.25) is 0 Å². The molecule has 0 heterocycles. The highest BCUT2D eigenvalue weighted by Crippen LogP contribution is 2.61. The lowest BCUT2D eigenvalue weighted by Gasteiger charge is -2.53. The molecule has 0 bridgehead atoms. The first-order valence-corrected chi connectivity index (χ1v) is 11.6. The number of aliphatic hydroxyl groups is 2. The zero-order chi connectivity index (χ0) is 22.5. The van der Waals surface area contributed by atoms with Gasteiger partial charge in [-0.05, 0) is 80.5 Å². The van der Waals surface area contributed by atoms with Crippen LogP contribution in [0, 0.1) is 29.1 Å². The highest BCUT2D eigenvalue weighted by molar-refractivity contribution is 5.66. The zero-order valence-corrected chi connectivity index (χ0v) is 18.7. The van der Waals surface area contributed by atoms with Crippen LogP contribution in [-0.4, -0.2) is 44.6 Å². The molecule has 0 radical (unpaired) electrons. The van der Waals surface area contributed by atoms with Crippen molar-refractivity contribution < 1.29 is 30.0 Å². The summed E-state index contributed by atoms with van der Waals surface area (Å²) in [5.41, 5.74) is 1.77. The number of fused-ring (bicyclic) bond motifs is 5. The van der Waals surface area contributed by atoms with Crippen molar-refractivity contribution in [2.45, 2.75) is 97.2 Å². The molecule has 4 aliphatic carbocycles. The predicted octanol–water partition coefficient (Wildman–Crippen LogP) is 4.24. The van der Waals surface area contributed by atoms with Crippen LogP contribution in [-0.2, 0) is 9.59 Å². The van der Waals surface area contributed by atoms with Crippen molar-refractivity contribution in [3.8, 4) is 0 Å². The largest absolute Gasteiger partial charge is 0.481 e. The van der Waals surface area contributed by atoms with Crippen LogP contribution in [0.1, 0.15) is 85.0 Å². The second-order valence-corrected chi connectivity index (χ2v) is 9.60. The molecule has 4 rings (SSSR count). The normalized spacial score (nSPS) is 38.9. The third-order valence-electron chi connectivity index (χ3n) is 7.99. The molecular formula is C24H40O6. The van der Waals surface area contributed by atoms with Crippen LogP contribution in [0.15, 0.2) is 11.6 Å². The van der Waals surface area contributed by atoms with E-state index in [9.17, 15) is 19.8 Å². The fourth-order valence-corrected chi connectivity index (χ4v) is 6.28. The maximum absolute atomic E-state index is 10.4. The molecule has 0 aromatic heterocycles. The number of carbonyl (C=O) groups is 2. The number of allylic oxidation sites excluding steroid dienone is 1. The Morgan fingerprint density at radius 2 is 1.53 bits per heavy atom. The van der Waals surface area contributed by atoms with Crippen molar-refractivity contribution in [3.05, 3.63) is 11.6 Å². The monoisotopic (exact) mass is 424 g/mol. The van der Waals surface area contributed by atoms with Gasteiger partial charge in [-0.1, -0.05) is 32.4 Å². The molecule has 3 saturated carbocycles. The highest BCUT2D eigenvalue weighted by Gasteiger charge is 2.55. The molecule has 172 valence electrons. The number of aliphatic carboxylic acids is 2. The molecule has 0 amide bonds. The number of rotatable bonds is 2. The number of carboxylic acids is 2. The first-order valence-electron chi connectivity index (χ1n) is 11.6. The zero-order valence-electron chi connectivity index (χ0n) is 18.7. The van der Waals surface area contributed by atoms with Crippen LogP contribution in [0.4, 0.5) is 0 Å². The van der Waals surface area contributed by atoms with Crippen molar-refractivity contribution in [2.75, 3.05) is 0 Å². The van der Waals surface area contributed by atoms with Gasteiger partial charge in [0.15, 0.2) is 0 Å². The van der Waals surface area contributed by atoms with E-state index in [0.717, 1.165) is 36.5 Å². The second kappa shape index (κ2) is 10.8. The molecule has 3 fully saturated rings. The van der Waals surface area contributed by atoms with Gasteiger partial charge in [-0.15, -0.1) is 0 Å². The molecule has 30 heavy (non-hydrogen) atoms. The van der Waals surface area contributed by atoms with E-state index >= 15 is 0 Å². The fourth-order valence-electron chi connectivity index (χ4n) is 6.28. The van der Waals surface area contributed by atoms with Crippen LogP contribution in [0.3, 0.4) is 0 Å². The summed E-state index contributed by atoms with van der Waals surface area (Å²) in [5, 5.41) is 35.7. The van der Waals surface area contributed by atoms with Crippen molar-refractivity contribution in [3.63, 3.8) is 0 Å². The number of hydrogen-bond acceptors (Lipinski definition) is 4. The Morgan fingerprint density at radius 1 is 0.933 bits per heavy atom. The van der Waals surface area contributed by atoms with Crippen LogP contribution < -0.4 is 0 Å². The van der Waals surface area contributed by atoms with Crippen LogP contribution in [0.25, 0.3) is 0 Å². The number of carboxylic acid groups (broad SMARTS) is 2. The highest BCUT2D eigenvalue weighted by atomic mass is 16.4. The average Bonchev–Trinajstić information content (AvgIpc) is 3.03. The van der Waals surface area contributed by atoms with Gasteiger partial charge < -0.3 is 20.4 Å². The summed E-state index contributed by atoms with van der Waals surface area (Å²) in [6, 6.07) is 0. The molecule has 0 unspecified atom stereocenters. The maximum atomic E-state index is 10.4. The SMILES string of the molecule is CCC(=O)O.CCC(=O)O.C[C@]12CC[C@H]3[C@@H](CCC4=C[C@@H](O)CC[C@@H]43)[C@@H]1CC[C@@H]2O. The summed E-state index contributed by atoms with van der Waals surface area (Å²) in [6.45, 7) is 5.55. The van der Waals surface area contributed by atoms with Crippen molar-refractivity contribution in [2.24, 2.45) is 29.1 Å². The van der Waals surface area contributed by atoms with Gasteiger partial charge in [-0.3, -0.25) is 9.59 Å². The molecule has 0 aliphatic heterocycles. The first kappa shape index (κ1) is 24.9. The van der Waals surface area contributed by atoms with Gasteiger partial charge in [0.05, 0.1) is 12.2 Å². The minimum absolute atomic E-state index is 0.0569. The van der Waals surface area contributed by atoms with Gasteiger partial charge in [0.25, 0.3) is 0 Å². The summed E-state index contributed by atoms with van der Waals surface area (Å²) in [4.78, 5) is 18.7. The summed E-state index contributed by atoms with van der Waals surface area (Å²) >= 11 is 0. The van der Waals surface area contributed by atoms with Gasteiger partial charge in [-0.2, -0.15) is 0 Å². The smallest absolute Gasteiger partial charge is 0.303 e. The van der Waals surface area contributed by atoms with Gasteiger partial charge >= 0.3 is 11.9 Å². The molecule has 0 spiro atoms. The van der Waals surface area contributed by atoms with Crippen LogP contribution in [0.2, 0.25) is 0 Å². The van der Waals surface area contributed by atoms with Gasteiger partial charge in [-0.25, -0.2) is 0 Å². The molecule has 0 saturated heterocycles. The Balaban J connectivity index is 0.000000271. The first-order chi connectivity index (χ1) is 14.1. The molecule has 4 N–H and O–H groups in total. The Bertz CT molecular complexity index is 615. The van der Waals surface area contributed by atoms with E-state index in [1.165, 1.54) is 38.5 Å². The lowest BCUT2D eigenvalue weighted by molar-refractivity contribution is -0.137. The summed E-state index contributed by atoms with van der Waals surface area (Å²) in [7, 11) is 0. The van der Waals surface area contributed by atoms with Crippen molar-refractivity contribution in [1.29, 1.82) is 0 Å². The quantitative estimate of drug-likeness (QED) is 0.493. The molecule has 0 aromatic carbocycles. The molecule has 4 aliphatic rings. The van der Waals surface area contributed by atoms with Crippen LogP contribution >= 0.6 is 0 Å². The topological polar surface area (TPSA) is 115 Å². The van der Waals surface area contributed by atoms with E-state index in [-0.39, 0.29) is 30.5 Å². The molecule has 6 heteroatoms. The van der Waals surface area contributed by atoms with Gasteiger partial charge in [0.1, 0.15) is 0 Å². The Kier molecular flexibility index (Phi) is 8.92. The molecule has 6 nitrogen and oxygen atoms in total. The number of hydrogen-bond donors (Lipinski definition) is 4. The van der Waals surface area contributed by atoms with E-state index in [4.69, 9.17) is 10.2 Å². The summed E-state index contributed by atoms with van der Waals surface area (Å²) in [6.07, 6.45) is 11.8. The lowest BCUT2D eigenvalue weighted by atomic mass is 9.52. The maximum Gasteiger partial charge on any atom is 0.303 e.